The molecule has 0 heterocycles. The molecule has 0 aromatic heterocycles. The van der Waals surface area contributed by atoms with Crippen LogP contribution in [0.2, 0.25) is 0 Å². The molecule has 0 radical (unpaired) electrons. The molecule has 0 aliphatic heterocycles. The quantitative estimate of drug-likeness (QED) is 0.582. The minimum absolute atomic E-state index is 1.01. The van der Waals surface area contributed by atoms with Gasteiger partial charge in [0.2, 0.25) is 0 Å². The largest absolute Gasteiger partial charge is 0.0617 e. The van der Waals surface area contributed by atoms with E-state index in [1.165, 1.54) is 38.6 Å². The lowest BCUT2D eigenvalue weighted by Gasteiger charge is -2.11. The second kappa shape index (κ2) is 5.13. The summed E-state index contributed by atoms with van der Waals surface area (Å²) in [7, 11) is 0. The highest BCUT2D eigenvalue weighted by atomic mass is 14.1. The van der Waals surface area contributed by atoms with Crippen LogP contribution in [0.1, 0.15) is 27.8 Å². The molecular formula is C20H20. The molecule has 0 unspecified atom stereocenters. The molecule has 0 saturated heterocycles. The van der Waals surface area contributed by atoms with E-state index in [9.17, 15) is 0 Å². The van der Waals surface area contributed by atoms with E-state index in [0.717, 1.165) is 6.42 Å². The summed E-state index contributed by atoms with van der Waals surface area (Å²) in [4.78, 5) is 0. The van der Waals surface area contributed by atoms with Gasteiger partial charge in [-0.25, -0.2) is 0 Å². The number of fused-ring (bicyclic) bond motifs is 1. The fourth-order valence-electron chi connectivity index (χ4n) is 2.83. The van der Waals surface area contributed by atoms with Crippen LogP contribution < -0.4 is 0 Å². The van der Waals surface area contributed by atoms with Crippen LogP contribution in [0.25, 0.3) is 10.8 Å². The van der Waals surface area contributed by atoms with Crippen molar-refractivity contribution in [2.75, 3.05) is 0 Å². The first-order valence-electron chi connectivity index (χ1n) is 7.18. The van der Waals surface area contributed by atoms with Gasteiger partial charge in [0.1, 0.15) is 0 Å². The predicted octanol–water partition coefficient (Wildman–Crippen LogP) is 5.36. The predicted molar refractivity (Wildman–Crippen MR) is 87.4 cm³/mol. The average molecular weight is 260 g/mol. The Morgan fingerprint density at radius 1 is 0.750 bits per heavy atom. The third-order valence-corrected chi connectivity index (χ3v) is 4.22. The Hall–Kier alpha value is -2.08. The highest BCUT2D eigenvalue weighted by molar-refractivity contribution is 5.86. The number of benzene rings is 3. The van der Waals surface area contributed by atoms with Gasteiger partial charge in [0.05, 0.1) is 0 Å². The smallest absolute Gasteiger partial charge is 0.00169 e. The SMILES string of the molecule is Cc1ccc2c(Cc3cccc(C)c3C)cccc2c1. The third-order valence-electron chi connectivity index (χ3n) is 4.22. The first-order valence-corrected chi connectivity index (χ1v) is 7.18. The van der Waals surface area contributed by atoms with Crippen LogP contribution in [0.4, 0.5) is 0 Å². The summed E-state index contributed by atoms with van der Waals surface area (Å²) in [5, 5.41) is 2.71. The summed E-state index contributed by atoms with van der Waals surface area (Å²) < 4.78 is 0. The molecule has 3 rings (SSSR count). The standard InChI is InChI=1S/C20H20/c1-14-10-11-20-18(12-14)8-5-9-19(20)13-17-7-4-6-15(2)16(17)3/h4-12H,13H2,1-3H3. The molecule has 20 heavy (non-hydrogen) atoms. The molecule has 0 spiro atoms. The molecule has 3 aromatic rings. The van der Waals surface area contributed by atoms with E-state index >= 15 is 0 Å². The highest BCUT2D eigenvalue weighted by Gasteiger charge is 2.05. The fraction of sp³-hybridized carbons (Fsp3) is 0.200. The number of aryl methyl sites for hydroxylation is 2. The second-order valence-corrected chi connectivity index (χ2v) is 5.68. The van der Waals surface area contributed by atoms with Gasteiger partial charge >= 0.3 is 0 Å². The maximum absolute atomic E-state index is 2.27. The van der Waals surface area contributed by atoms with Crippen molar-refractivity contribution in [2.24, 2.45) is 0 Å². The van der Waals surface area contributed by atoms with E-state index in [0.29, 0.717) is 0 Å². The maximum Gasteiger partial charge on any atom is -0.00169 e. The third kappa shape index (κ3) is 2.34. The Bertz CT molecular complexity index is 766. The van der Waals surface area contributed by atoms with Crippen molar-refractivity contribution in [1.82, 2.24) is 0 Å². The highest BCUT2D eigenvalue weighted by Crippen LogP contribution is 2.24. The molecule has 0 saturated carbocycles. The van der Waals surface area contributed by atoms with Gasteiger partial charge in [0, 0.05) is 0 Å². The average Bonchev–Trinajstić information content (AvgIpc) is 2.44. The van der Waals surface area contributed by atoms with Crippen molar-refractivity contribution in [3.63, 3.8) is 0 Å². The van der Waals surface area contributed by atoms with Crippen LogP contribution >= 0.6 is 0 Å². The van der Waals surface area contributed by atoms with Crippen LogP contribution in [0.3, 0.4) is 0 Å². The number of hydrogen-bond donors (Lipinski definition) is 0. The molecule has 0 aliphatic rings. The monoisotopic (exact) mass is 260 g/mol. The van der Waals surface area contributed by atoms with Crippen LogP contribution in [0.15, 0.2) is 54.6 Å². The van der Waals surface area contributed by atoms with Gasteiger partial charge in [0.25, 0.3) is 0 Å². The summed E-state index contributed by atoms with van der Waals surface area (Å²) >= 11 is 0. The lowest BCUT2D eigenvalue weighted by molar-refractivity contribution is 1.15. The molecule has 0 aliphatic carbocycles. The van der Waals surface area contributed by atoms with Gasteiger partial charge in [-0.2, -0.15) is 0 Å². The molecule has 0 N–H and O–H groups in total. The first kappa shape index (κ1) is 12.9. The van der Waals surface area contributed by atoms with Crippen molar-refractivity contribution in [3.05, 3.63) is 82.4 Å². The summed E-state index contributed by atoms with van der Waals surface area (Å²) in [6, 6.07) is 19.9. The molecule has 0 fully saturated rings. The molecule has 0 amide bonds. The van der Waals surface area contributed by atoms with Crippen LogP contribution in [-0.4, -0.2) is 0 Å². The minimum Gasteiger partial charge on any atom is -0.0617 e. The summed E-state index contributed by atoms with van der Waals surface area (Å²) in [5.74, 6) is 0. The molecule has 0 bridgehead atoms. The molecule has 3 aromatic carbocycles. The zero-order valence-corrected chi connectivity index (χ0v) is 12.4. The topological polar surface area (TPSA) is 0 Å². The first-order chi connectivity index (χ1) is 9.65. The Kier molecular flexibility index (Phi) is 3.31. The van der Waals surface area contributed by atoms with Crippen LogP contribution in [0.5, 0.6) is 0 Å². The van der Waals surface area contributed by atoms with E-state index in [-0.39, 0.29) is 0 Å². The summed E-state index contributed by atoms with van der Waals surface area (Å²) in [6.45, 7) is 6.56. The van der Waals surface area contributed by atoms with E-state index in [2.05, 4.69) is 75.4 Å². The molecule has 0 heteroatoms. The maximum atomic E-state index is 2.27. The van der Waals surface area contributed by atoms with Gasteiger partial charge in [-0.15, -0.1) is 0 Å². The zero-order valence-electron chi connectivity index (χ0n) is 12.4. The Labute approximate surface area is 121 Å². The lowest BCUT2D eigenvalue weighted by Crippen LogP contribution is -1.95. The number of rotatable bonds is 2. The van der Waals surface area contributed by atoms with Crippen molar-refractivity contribution >= 4 is 10.8 Å². The number of hydrogen-bond acceptors (Lipinski definition) is 0. The van der Waals surface area contributed by atoms with Crippen molar-refractivity contribution in [3.8, 4) is 0 Å². The molecular weight excluding hydrogens is 240 g/mol. The van der Waals surface area contributed by atoms with Gasteiger partial charge in [-0.05, 0) is 60.2 Å². The van der Waals surface area contributed by atoms with Crippen LogP contribution in [-0.2, 0) is 6.42 Å². The Morgan fingerprint density at radius 2 is 1.50 bits per heavy atom. The molecule has 0 nitrogen and oxygen atoms in total. The van der Waals surface area contributed by atoms with Gasteiger partial charge in [0.15, 0.2) is 0 Å². The molecule has 0 atom stereocenters. The summed E-state index contributed by atoms with van der Waals surface area (Å²) in [6.07, 6.45) is 1.01. The van der Waals surface area contributed by atoms with E-state index in [1.807, 2.05) is 0 Å². The summed E-state index contributed by atoms with van der Waals surface area (Å²) in [5.41, 5.74) is 6.95. The van der Waals surface area contributed by atoms with Gasteiger partial charge in [-0.3, -0.25) is 0 Å². The fourth-order valence-corrected chi connectivity index (χ4v) is 2.83. The van der Waals surface area contributed by atoms with Crippen LogP contribution in [0, 0.1) is 20.8 Å². The van der Waals surface area contributed by atoms with Gasteiger partial charge in [-0.1, -0.05) is 60.2 Å². The Morgan fingerprint density at radius 3 is 2.35 bits per heavy atom. The van der Waals surface area contributed by atoms with E-state index in [4.69, 9.17) is 0 Å². The van der Waals surface area contributed by atoms with Crippen molar-refractivity contribution in [2.45, 2.75) is 27.2 Å². The Balaban J connectivity index is 2.09. The van der Waals surface area contributed by atoms with Crippen molar-refractivity contribution < 1.29 is 0 Å². The van der Waals surface area contributed by atoms with Crippen molar-refractivity contribution in [1.29, 1.82) is 0 Å². The molecule has 100 valence electrons. The lowest BCUT2D eigenvalue weighted by atomic mass is 9.94. The van der Waals surface area contributed by atoms with E-state index in [1.54, 1.807) is 0 Å². The minimum atomic E-state index is 1.01. The second-order valence-electron chi connectivity index (χ2n) is 5.68. The normalized spacial score (nSPS) is 10.9. The van der Waals surface area contributed by atoms with Gasteiger partial charge < -0.3 is 0 Å². The zero-order chi connectivity index (χ0) is 14.1. The van der Waals surface area contributed by atoms with E-state index < -0.39 is 0 Å².